The van der Waals surface area contributed by atoms with Gasteiger partial charge in [0.05, 0.1) is 24.4 Å². The van der Waals surface area contributed by atoms with Crippen LogP contribution >= 0.6 is 0 Å². The summed E-state index contributed by atoms with van der Waals surface area (Å²) in [6, 6.07) is 18.3. The summed E-state index contributed by atoms with van der Waals surface area (Å²) in [6.07, 6.45) is 0. The number of pyridine rings is 1. The van der Waals surface area contributed by atoms with Gasteiger partial charge >= 0.3 is 0 Å². The molecule has 0 unspecified atom stereocenters. The van der Waals surface area contributed by atoms with Crippen molar-refractivity contribution in [3.8, 4) is 11.3 Å². The Morgan fingerprint density at radius 3 is 2.55 bits per heavy atom. The van der Waals surface area contributed by atoms with Crippen LogP contribution in [0.2, 0.25) is 0 Å². The standard InChI is InChI=1S/C25H29N3O/c1-18-4-3-5-21(12-18)25-22(14-20-7-6-19(2)13-24(20)26-25)15-27-16-23(17-27)28-8-10-29-11-9-28/h3-7,12-14,23H,8-11,15-17H2,1-2H3. The van der Waals surface area contributed by atoms with Gasteiger partial charge in [-0.05, 0) is 43.2 Å². The lowest BCUT2D eigenvalue weighted by molar-refractivity contribution is -0.0343. The fourth-order valence-electron chi connectivity index (χ4n) is 4.57. The molecule has 29 heavy (non-hydrogen) atoms. The number of likely N-dealkylation sites (tertiary alicyclic amines) is 1. The number of ether oxygens (including phenoxy) is 1. The molecule has 5 rings (SSSR count). The van der Waals surface area contributed by atoms with Crippen molar-refractivity contribution in [1.82, 2.24) is 14.8 Å². The second-order valence-electron chi connectivity index (χ2n) is 8.56. The van der Waals surface area contributed by atoms with Gasteiger partial charge in [-0.3, -0.25) is 9.80 Å². The molecule has 1 aromatic heterocycles. The molecule has 2 aliphatic rings. The van der Waals surface area contributed by atoms with E-state index in [0.717, 1.165) is 57.1 Å². The number of benzene rings is 2. The second kappa shape index (κ2) is 7.86. The second-order valence-corrected chi connectivity index (χ2v) is 8.56. The van der Waals surface area contributed by atoms with E-state index >= 15 is 0 Å². The lowest BCUT2D eigenvalue weighted by atomic mass is 9.99. The largest absolute Gasteiger partial charge is 0.379 e. The highest BCUT2D eigenvalue weighted by molar-refractivity contribution is 5.84. The molecule has 0 N–H and O–H groups in total. The molecule has 2 aliphatic heterocycles. The van der Waals surface area contributed by atoms with E-state index in [4.69, 9.17) is 9.72 Å². The third kappa shape index (κ3) is 3.93. The first-order valence-electron chi connectivity index (χ1n) is 10.7. The van der Waals surface area contributed by atoms with Gasteiger partial charge < -0.3 is 4.74 Å². The summed E-state index contributed by atoms with van der Waals surface area (Å²) < 4.78 is 5.50. The highest BCUT2D eigenvalue weighted by Gasteiger charge is 2.32. The Bertz CT molecular complexity index is 1020. The van der Waals surface area contributed by atoms with Gasteiger partial charge in [0.25, 0.3) is 0 Å². The van der Waals surface area contributed by atoms with Crippen molar-refractivity contribution in [3.05, 3.63) is 65.2 Å². The first-order valence-corrected chi connectivity index (χ1v) is 10.7. The average Bonchev–Trinajstić information content (AvgIpc) is 2.70. The summed E-state index contributed by atoms with van der Waals surface area (Å²) in [4.78, 5) is 10.3. The van der Waals surface area contributed by atoms with Crippen molar-refractivity contribution < 1.29 is 4.74 Å². The quantitative estimate of drug-likeness (QED) is 0.676. The predicted octanol–water partition coefficient (Wildman–Crippen LogP) is 4.04. The Hall–Kier alpha value is -2.27. The number of aryl methyl sites for hydroxylation is 2. The van der Waals surface area contributed by atoms with Crippen LogP contribution in [0.25, 0.3) is 22.2 Å². The Morgan fingerprint density at radius 2 is 1.76 bits per heavy atom. The van der Waals surface area contributed by atoms with Crippen LogP contribution < -0.4 is 0 Å². The number of hydrogen-bond acceptors (Lipinski definition) is 4. The maximum atomic E-state index is 5.50. The highest BCUT2D eigenvalue weighted by Crippen LogP contribution is 2.29. The zero-order chi connectivity index (χ0) is 19.8. The Labute approximate surface area is 173 Å². The number of rotatable bonds is 4. The van der Waals surface area contributed by atoms with Crippen molar-refractivity contribution in [1.29, 1.82) is 0 Å². The number of nitrogens with zero attached hydrogens (tertiary/aromatic N) is 3. The molecule has 3 aromatic rings. The molecule has 2 saturated heterocycles. The van der Waals surface area contributed by atoms with Crippen molar-refractivity contribution in [2.75, 3.05) is 39.4 Å². The summed E-state index contributed by atoms with van der Waals surface area (Å²) >= 11 is 0. The van der Waals surface area contributed by atoms with E-state index in [1.807, 2.05) is 0 Å². The molecule has 3 heterocycles. The highest BCUT2D eigenvalue weighted by atomic mass is 16.5. The zero-order valence-electron chi connectivity index (χ0n) is 17.4. The first-order chi connectivity index (χ1) is 14.2. The lowest BCUT2D eigenvalue weighted by Gasteiger charge is -2.46. The number of fused-ring (bicyclic) bond motifs is 1. The average molecular weight is 388 g/mol. The fraction of sp³-hybridized carbons (Fsp3) is 0.400. The Morgan fingerprint density at radius 1 is 0.966 bits per heavy atom. The minimum atomic E-state index is 0.678. The molecule has 0 atom stereocenters. The minimum absolute atomic E-state index is 0.678. The van der Waals surface area contributed by atoms with E-state index in [-0.39, 0.29) is 0 Å². The molecule has 150 valence electrons. The van der Waals surface area contributed by atoms with E-state index in [2.05, 4.69) is 72.2 Å². The van der Waals surface area contributed by atoms with E-state index in [1.165, 1.54) is 27.6 Å². The van der Waals surface area contributed by atoms with Crippen LogP contribution in [0.3, 0.4) is 0 Å². The molecule has 4 heteroatoms. The van der Waals surface area contributed by atoms with Crippen LogP contribution in [0.1, 0.15) is 16.7 Å². The maximum absolute atomic E-state index is 5.50. The Kier molecular flexibility index (Phi) is 5.08. The summed E-state index contributed by atoms with van der Waals surface area (Å²) in [5.74, 6) is 0. The molecule has 0 radical (unpaired) electrons. The summed E-state index contributed by atoms with van der Waals surface area (Å²) in [7, 11) is 0. The molecule has 4 nitrogen and oxygen atoms in total. The monoisotopic (exact) mass is 387 g/mol. The minimum Gasteiger partial charge on any atom is -0.379 e. The lowest BCUT2D eigenvalue weighted by Crippen LogP contribution is -2.60. The van der Waals surface area contributed by atoms with E-state index in [1.54, 1.807) is 0 Å². The predicted molar refractivity (Wildman–Crippen MR) is 118 cm³/mol. The SMILES string of the molecule is Cc1cccc(-c2nc3cc(C)ccc3cc2CN2CC(N3CCOCC3)C2)c1. The number of morpholine rings is 1. The molecule has 0 spiro atoms. The van der Waals surface area contributed by atoms with Gasteiger partial charge in [0.1, 0.15) is 0 Å². The van der Waals surface area contributed by atoms with E-state index in [0.29, 0.717) is 6.04 Å². The van der Waals surface area contributed by atoms with Gasteiger partial charge in [-0.25, -0.2) is 4.98 Å². The van der Waals surface area contributed by atoms with Crippen LogP contribution in [0.4, 0.5) is 0 Å². The van der Waals surface area contributed by atoms with E-state index < -0.39 is 0 Å². The molecule has 0 amide bonds. The summed E-state index contributed by atoms with van der Waals surface area (Å²) in [5, 5.41) is 1.23. The van der Waals surface area contributed by atoms with Crippen LogP contribution in [0.5, 0.6) is 0 Å². The van der Waals surface area contributed by atoms with E-state index in [9.17, 15) is 0 Å². The van der Waals surface area contributed by atoms with Crippen molar-refractivity contribution in [2.45, 2.75) is 26.4 Å². The number of aromatic nitrogens is 1. The summed E-state index contributed by atoms with van der Waals surface area (Å²) in [5.41, 5.74) is 7.28. The van der Waals surface area contributed by atoms with Crippen LogP contribution in [-0.4, -0.2) is 60.2 Å². The van der Waals surface area contributed by atoms with Gasteiger partial charge in [0.15, 0.2) is 0 Å². The normalized spacial score (nSPS) is 18.8. The third-order valence-electron chi connectivity index (χ3n) is 6.24. The molecule has 0 bridgehead atoms. The van der Waals surface area contributed by atoms with Crippen LogP contribution in [0.15, 0.2) is 48.5 Å². The zero-order valence-corrected chi connectivity index (χ0v) is 17.4. The maximum Gasteiger partial charge on any atom is 0.0754 e. The van der Waals surface area contributed by atoms with Crippen molar-refractivity contribution >= 4 is 10.9 Å². The number of hydrogen-bond donors (Lipinski definition) is 0. The smallest absolute Gasteiger partial charge is 0.0754 e. The third-order valence-corrected chi connectivity index (χ3v) is 6.24. The summed E-state index contributed by atoms with van der Waals surface area (Å²) in [6.45, 7) is 11.4. The van der Waals surface area contributed by atoms with Gasteiger partial charge in [-0.1, -0.05) is 35.9 Å². The molecule has 2 fully saturated rings. The van der Waals surface area contributed by atoms with Crippen molar-refractivity contribution in [2.24, 2.45) is 0 Å². The van der Waals surface area contributed by atoms with Gasteiger partial charge in [0, 0.05) is 49.7 Å². The molecular weight excluding hydrogens is 358 g/mol. The molecule has 0 aliphatic carbocycles. The Balaban J connectivity index is 1.43. The fourth-order valence-corrected chi connectivity index (χ4v) is 4.57. The van der Waals surface area contributed by atoms with Crippen LogP contribution in [-0.2, 0) is 11.3 Å². The van der Waals surface area contributed by atoms with Gasteiger partial charge in [-0.15, -0.1) is 0 Å². The van der Waals surface area contributed by atoms with Gasteiger partial charge in [-0.2, -0.15) is 0 Å². The molecule has 0 saturated carbocycles. The van der Waals surface area contributed by atoms with Crippen LogP contribution in [0, 0.1) is 13.8 Å². The first kappa shape index (κ1) is 18.7. The van der Waals surface area contributed by atoms with Gasteiger partial charge in [0.2, 0.25) is 0 Å². The topological polar surface area (TPSA) is 28.6 Å². The molecule has 2 aromatic carbocycles. The van der Waals surface area contributed by atoms with Crippen molar-refractivity contribution in [3.63, 3.8) is 0 Å². The molecular formula is C25H29N3O.